The second-order valence-corrected chi connectivity index (χ2v) is 8.31. The van der Waals surface area contributed by atoms with E-state index in [-0.39, 0.29) is 17.6 Å². The molecule has 1 aromatic rings. The molecule has 6 heteroatoms. The number of hydrogen-bond donors (Lipinski definition) is 0. The van der Waals surface area contributed by atoms with Gasteiger partial charge in [0.2, 0.25) is 0 Å². The van der Waals surface area contributed by atoms with E-state index in [4.69, 9.17) is 0 Å². The van der Waals surface area contributed by atoms with Gasteiger partial charge in [0.05, 0.1) is 16.6 Å². The fraction of sp³-hybridized carbons (Fsp3) is 0.600. The van der Waals surface area contributed by atoms with E-state index in [1.165, 1.54) is 6.20 Å². The molecule has 0 spiro atoms. The molecule has 0 bridgehead atoms. The fourth-order valence-electron chi connectivity index (χ4n) is 2.69. The standard InChI is InChI=1S/C15H22N2O3S/c1-12(2)11-21(19,20)14-6-4-8-17(10-14)15(18)13-5-3-7-16-9-13/h3,5,7,9,12,14H,4,6,8,10-11H2,1-2H3/t14-/m0/s1. The van der Waals surface area contributed by atoms with Gasteiger partial charge in [0.15, 0.2) is 9.84 Å². The van der Waals surface area contributed by atoms with Crippen molar-refractivity contribution in [2.75, 3.05) is 18.8 Å². The van der Waals surface area contributed by atoms with Crippen LogP contribution in [0.25, 0.3) is 0 Å². The zero-order valence-corrected chi connectivity index (χ0v) is 13.3. The van der Waals surface area contributed by atoms with Crippen LogP contribution in [0.1, 0.15) is 37.0 Å². The van der Waals surface area contributed by atoms with Crippen molar-refractivity contribution >= 4 is 15.7 Å². The van der Waals surface area contributed by atoms with Crippen LogP contribution in [0.5, 0.6) is 0 Å². The predicted octanol–water partition coefficient (Wildman–Crippen LogP) is 1.76. The lowest BCUT2D eigenvalue weighted by molar-refractivity contribution is 0.0726. The normalized spacial score (nSPS) is 19.8. The number of aromatic nitrogens is 1. The van der Waals surface area contributed by atoms with Gasteiger partial charge in [-0.2, -0.15) is 0 Å². The van der Waals surface area contributed by atoms with E-state index in [0.717, 1.165) is 6.42 Å². The third-order valence-corrected chi connectivity index (χ3v) is 6.18. The molecule has 1 aromatic heterocycles. The molecule has 1 atom stereocenters. The van der Waals surface area contributed by atoms with Crippen LogP contribution in [-0.2, 0) is 9.84 Å². The SMILES string of the molecule is CC(C)CS(=O)(=O)[C@H]1CCCN(C(=O)c2cccnc2)C1. The molecule has 0 aromatic carbocycles. The zero-order chi connectivity index (χ0) is 15.5. The second kappa shape index (κ2) is 6.56. The van der Waals surface area contributed by atoms with Crippen molar-refractivity contribution in [1.82, 2.24) is 9.88 Å². The summed E-state index contributed by atoms with van der Waals surface area (Å²) in [5.74, 6) is 0.166. The molecule has 116 valence electrons. The number of piperidine rings is 1. The van der Waals surface area contributed by atoms with Gasteiger partial charge in [-0.05, 0) is 30.9 Å². The smallest absolute Gasteiger partial charge is 0.255 e. The lowest BCUT2D eigenvalue weighted by atomic mass is 10.1. The summed E-state index contributed by atoms with van der Waals surface area (Å²) in [7, 11) is -3.14. The largest absolute Gasteiger partial charge is 0.337 e. The third-order valence-electron chi connectivity index (χ3n) is 3.65. The Hall–Kier alpha value is -1.43. The van der Waals surface area contributed by atoms with Crippen LogP contribution >= 0.6 is 0 Å². The van der Waals surface area contributed by atoms with Crippen molar-refractivity contribution in [3.8, 4) is 0 Å². The maximum Gasteiger partial charge on any atom is 0.255 e. The van der Waals surface area contributed by atoms with E-state index >= 15 is 0 Å². The number of amides is 1. The molecule has 0 N–H and O–H groups in total. The molecule has 2 rings (SSSR count). The summed E-state index contributed by atoms with van der Waals surface area (Å²) < 4.78 is 24.7. The lowest BCUT2D eigenvalue weighted by Crippen LogP contribution is -2.46. The molecule has 2 heterocycles. The van der Waals surface area contributed by atoms with E-state index in [9.17, 15) is 13.2 Å². The highest BCUT2D eigenvalue weighted by Crippen LogP contribution is 2.21. The Morgan fingerprint density at radius 2 is 2.24 bits per heavy atom. The molecule has 0 saturated carbocycles. The minimum absolute atomic E-state index is 0.111. The first-order valence-corrected chi connectivity index (χ1v) is 9.02. The molecule has 1 aliphatic heterocycles. The Kier molecular flexibility index (Phi) is 4.98. The molecular formula is C15H22N2O3S. The molecule has 1 saturated heterocycles. The summed E-state index contributed by atoms with van der Waals surface area (Å²) >= 11 is 0. The van der Waals surface area contributed by atoms with E-state index in [2.05, 4.69) is 4.98 Å². The van der Waals surface area contributed by atoms with Gasteiger partial charge in [-0.1, -0.05) is 13.8 Å². The number of carbonyl (C=O) groups is 1. The molecule has 0 unspecified atom stereocenters. The molecule has 21 heavy (non-hydrogen) atoms. The van der Waals surface area contributed by atoms with Crippen LogP contribution in [0, 0.1) is 5.92 Å². The maximum atomic E-state index is 12.4. The van der Waals surface area contributed by atoms with Gasteiger partial charge in [-0.3, -0.25) is 9.78 Å². The molecule has 1 aliphatic rings. The summed E-state index contributed by atoms with van der Waals surface area (Å²) in [6.45, 7) is 4.71. The van der Waals surface area contributed by atoms with Gasteiger partial charge < -0.3 is 4.90 Å². The quantitative estimate of drug-likeness (QED) is 0.850. The Balaban J connectivity index is 2.09. The predicted molar refractivity (Wildman–Crippen MR) is 81.8 cm³/mol. The Labute approximate surface area is 126 Å². The fourth-order valence-corrected chi connectivity index (χ4v) is 4.82. The van der Waals surface area contributed by atoms with E-state index < -0.39 is 15.1 Å². The van der Waals surface area contributed by atoms with Gasteiger partial charge >= 0.3 is 0 Å². The van der Waals surface area contributed by atoms with Crippen molar-refractivity contribution in [3.63, 3.8) is 0 Å². The van der Waals surface area contributed by atoms with Crippen LogP contribution in [-0.4, -0.2) is 48.3 Å². The van der Waals surface area contributed by atoms with E-state index in [1.807, 2.05) is 13.8 Å². The number of sulfone groups is 1. The van der Waals surface area contributed by atoms with Gasteiger partial charge in [0, 0.05) is 25.5 Å². The first-order valence-electron chi connectivity index (χ1n) is 7.31. The molecule has 0 aliphatic carbocycles. The zero-order valence-electron chi connectivity index (χ0n) is 12.5. The van der Waals surface area contributed by atoms with Crippen LogP contribution in [0.3, 0.4) is 0 Å². The van der Waals surface area contributed by atoms with Crippen LogP contribution in [0.15, 0.2) is 24.5 Å². The Morgan fingerprint density at radius 3 is 2.86 bits per heavy atom. The Morgan fingerprint density at radius 1 is 1.48 bits per heavy atom. The molecule has 0 radical (unpaired) electrons. The highest BCUT2D eigenvalue weighted by atomic mass is 32.2. The van der Waals surface area contributed by atoms with Crippen molar-refractivity contribution in [2.45, 2.75) is 31.9 Å². The van der Waals surface area contributed by atoms with Gasteiger partial charge in [0.25, 0.3) is 5.91 Å². The summed E-state index contributed by atoms with van der Waals surface area (Å²) in [5, 5.41) is -0.436. The lowest BCUT2D eigenvalue weighted by Gasteiger charge is -2.32. The average molecular weight is 310 g/mol. The first-order chi connectivity index (χ1) is 9.90. The monoisotopic (exact) mass is 310 g/mol. The molecule has 1 amide bonds. The summed E-state index contributed by atoms with van der Waals surface area (Å²) in [6, 6.07) is 3.42. The van der Waals surface area contributed by atoms with Crippen molar-refractivity contribution in [2.24, 2.45) is 5.92 Å². The number of nitrogens with zero attached hydrogens (tertiary/aromatic N) is 2. The highest BCUT2D eigenvalue weighted by Gasteiger charge is 2.33. The topological polar surface area (TPSA) is 67.3 Å². The van der Waals surface area contributed by atoms with Gasteiger partial charge in [-0.15, -0.1) is 0 Å². The third kappa shape index (κ3) is 4.03. The number of rotatable bonds is 4. The van der Waals surface area contributed by atoms with Gasteiger partial charge in [0.1, 0.15) is 0 Å². The highest BCUT2D eigenvalue weighted by molar-refractivity contribution is 7.92. The summed E-state index contributed by atoms with van der Waals surface area (Å²) in [6.07, 6.45) is 4.51. The van der Waals surface area contributed by atoms with Crippen LogP contribution < -0.4 is 0 Å². The Bertz CT molecular complexity index is 584. The molecule has 5 nitrogen and oxygen atoms in total. The molecular weight excluding hydrogens is 288 g/mol. The second-order valence-electron chi connectivity index (χ2n) is 5.98. The first kappa shape index (κ1) is 15.9. The van der Waals surface area contributed by atoms with E-state index in [0.29, 0.717) is 25.1 Å². The average Bonchev–Trinajstić information content (AvgIpc) is 2.46. The number of pyridine rings is 1. The number of hydrogen-bond acceptors (Lipinski definition) is 4. The van der Waals surface area contributed by atoms with Crippen LogP contribution in [0.2, 0.25) is 0 Å². The van der Waals surface area contributed by atoms with E-state index in [1.54, 1.807) is 23.2 Å². The van der Waals surface area contributed by atoms with Gasteiger partial charge in [-0.25, -0.2) is 8.42 Å². The minimum Gasteiger partial charge on any atom is -0.337 e. The number of carbonyl (C=O) groups excluding carboxylic acids is 1. The minimum atomic E-state index is -3.14. The van der Waals surface area contributed by atoms with Crippen molar-refractivity contribution in [1.29, 1.82) is 0 Å². The van der Waals surface area contributed by atoms with Crippen molar-refractivity contribution < 1.29 is 13.2 Å². The maximum absolute atomic E-state index is 12.4. The summed E-state index contributed by atoms with van der Waals surface area (Å²) in [5.41, 5.74) is 0.513. The number of likely N-dealkylation sites (tertiary alicyclic amines) is 1. The summed E-state index contributed by atoms with van der Waals surface area (Å²) in [4.78, 5) is 18.0. The van der Waals surface area contributed by atoms with Crippen molar-refractivity contribution in [3.05, 3.63) is 30.1 Å². The molecule has 1 fully saturated rings. The van der Waals surface area contributed by atoms with Crippen LogP contribution in [0.4, 0.5) is 0 Å².